The fourth-order valence-corrected chi connectivity index (χ4v) is 3.06. The van der Waals surface area contributed by atoms with Crippen molar-refractivity contribution in [2.75, 3.05) is 26.3 Å². The van der Waals surface area contributed by atoms with Gasteiger partial charge in [0.15, 0.2) is 5.78 Å². The van der Waals surface area contributed by atoms with E-state index in [1.54, 1.807) is 0 Å². The number of ether oxygens (including phenoxy) is 1. The molecule has 0 aliphatic carbocycles. The minimum atomic E-state index is -1.33. The highest BCUT2D eigenvalue weighted by Crippen LogP contribution is 2.29. The van der Waals surface area contributed by atoms with Crippen LogP contribution < -0.4 is 0 Å². The molecule has 4 heteroatoms. The highest BCUT2D eigenvalue weighted by atomic mass is 16.5. The van der Waals surface area contributed by atoms with E-state index in [4.69, 9.17) is 4.74 Å². The van der Waals surface area contributed by atoms with Gasteiger partial charge < -0.3 is 9.84 Å². The molecule has 1 unspecified atom stereocenters. The van der Waals surface area contributed by atoms with E-state index in [0.29, 0.717) is 17.5 Å². The number of hydrogen-bond donors (Lipinski definition) is 1. The fourth-order valence-electron chi connectivity index (χ4n) is 3.06. The molecule has 0 spiro atoms. The summed E-state index contributed by atoms with van der Waals surface area (Å²) in [6.45, 7) is 10.9. The van der Waals surface area contributed by atoms with Gasteiger partial charge in [-0.05, 0) is 25.3 Å². The van der Waals surface area contributed by atoms with Crippen molar-refractivity contribution in [1.82, 2.24) is 4.90 Å². The molecule has 1 N–H and O–H groups in total. The van der Waals surface area contributed by atoms with E-state index in [2.05, 4.69) is 18.7 Å². The van der Waals surface area contributed by atoms with Crippen LogP contribution in [0.5, 0.6) is 0 Å². The molecule has 1 saturated heterocycles. The van der Waals surface area contributed by atoms with Crippen molar-refractivity contribution in [3.05, 3.63) is 35.4 Å². The van der Waals surface area contributed by atoms with Crippen molar-refractivity contribution >= 4 is 5.78 Å². The molecule has 122 valence electrons. The van der Waals surface area contributed by atoms with Crippen LogP contribution in [0, 0.1) is 5.92 Å². The van der Waals surface area contributed by atoms with E-state index in [0.717, 1.165) is 26.3 Å². The summed E-state index contributed by atoms with van der Waals surface area (Å²) in [5.74, 6) is 0.237. The smallest absolute Gasteiger partial charge is 0.193 e. The second kappa shape index (κ2) is 6.90. The molecule has 1 heterocycles. The van der Waals surface area contributed by atoms with E-state index in [1.807, 2.05) is 24.3 Å². The van der Waals surface area contributed by atoms with Crippen LogP contribution in [0.25, 0.3) is 0 Å². The van der Waals surface area contributed by atoms with E-state index < -0.39 is 5.60 Å². The average Bonchev–Trinajstić information content (AvgIpc) is 2.47. The number of nitrogens with zero attached hydrogens (tertiary/aromatic N) is 1. The molecule has 0 bridgehead atoms. The van der Waals surface area contributed by atoms with Crippen molar-refractivity contribution in [3.63, 3.8) is 0 Å². The maximum atomic E-state index is 12.1. The Kier molecular flexibility index (Phi) is 5.37. The Bertz CT molecular complexity index is 496. The number of hydrogen-bond acceptors (Lipinski definition) is 4. The van der Waals surface area contributed by atoms with Gasteiger partial charge in [0.2, 0.25) is 0 Å². The zero-order chi connectivity index (χ0) is 16.3. The lowest BCUT2D eigenvalue weighted by atomic mass is 9.91. The van der Waals surface area contributed by atoms with E-state index in [9.17, 15) is 9.90 Å². The third kappa shape index (κ3) is 3.94. The lowest BCUT2D eigenvalue weighted by molar-refractivity contribution is 0.00562. The molecule has 0 radical (unpaired) electrons. The first-order chi connectivity index (χ1) is 10.3. The second-order valence-electron chi connectivity index (χ2n) is 6.85. The number of morpholine rings is 1. The van der Waals surface area contributed by atoms with Crippen LogP contribution in [-0.2, 0) is 4.74 Å². The number of Topliss-reactive ketones (excluding diaryl/α,β-unsaturated/α-hetero) is 1. The molecule has 1 atom stereocenters. The summed E-state index contributed by atoms with van der Waals surface area (Å²) in [5, 5.41) is 9.84. The van der Waals surface area contributed by atoms with Crippen molar-refractivity contribution < 1.29 is 14.6 Å². The second-order valence-corrected chi connectivity index (χ2v) is 6.85. The minimum Gasteiger partial charge on any atom is -0.382 e. The summed E-state index contributed by atoms with van der Waals surface area (Å²) < 4.78 is 5.44. The number of ketones is 1. The molecule has 1 aromatic rings. The standard InChI is InChI=1S/C18H27NO3/c1-13(2)16(19-9-11-22-12-10-19)14-5-7-15(8-6-14)17(20)18(3,4)21/h5-8,13,16,21H,9-12H2,1-4H3. The highest BCUT2D eigenvalue weighted by Gasteiger charge is 2.27. The first-order valence-electron chi connectivity index (χ1n) is 7.99. The monoisotopic (exact) mass is 305 g/mol. The molecule has 0 saturated carbocycles. The summed E-state index contributed by atoms with van der Waals surface area (Å²) in [4.78, 5) is 14.6. The van der Waals surface area contributed by atoms with Gasteiger partial charge in [0, 0.05) is 24.7 Å². The third-order valence-electron chi connectivity index (χ3n) is 4.14. The van der Waals surface area contributed by atoms with Crippen LogP contribution in [0.4, 0.5) is 0 Å². The summed E-state index contributed by atoms with van der Waals surface area (Å²) in [5.41, 5.74) is 0.438. The van der Waals surface area contributed by atoms with Crippen LogP contribution in [0.3, 0.4) is 0 Å². The predicted molar refractivity (Wildman–Crippen MR) is 87.0 cm³/mol. The van der Waals surface area contributed by atoms with Crippen LogP contribution in [0.15, 0.2) is 24.3 Å². The van der Waals surface area contributed by atoms with Crippen LogP contribution in [-0.4, -0.2) is 47.7 Å². The zero-order valence-corrected chi connectivity index (χ0v) is 14.0. The number of rotatable bonds is 5. The average molecular weight is 305 g/mol. The number of carbonyl (C=O) groups is 1. The molecular formula is C18H27NO3. The van der Waals surface area contributed by atoms with E-state index in [1.165, 1.54) is 19.4 Å². The van der Waals surface area contributed by atoms with Crippen molar-refractivity contribution in [1.29, 1.82) is 0 Å². The fraction of sp³-hybridized carbons (Fsp3) is 0.611. The van der Waals surface area contributed by atoms with Crippen molar-refractivity contribution in [3.8, 4) is 0 Å². The molecule has 1 aliphatic heterocycles. The summed E-state index contributed by atoms with van der Waals surface area (Å²) in [6.07, 6.45) is 0. The van der Waals surface area contributed by atoms with Crippen molar-refractivity contribution in [2.45, 2.75) is 39.3 Å². The normalized spacial score (nSPS) is 18.5. The molecule has 2 rings (SSSR count). The summed E-state index contributed by atoms with van der Waals surface area (Å²) >= 11 is 0. The third-order valence-corrected chi connectivity index (χ3v) is 4.14. The summed E-state index contributed by atoms with van der Waals surface area (Å²) in [6, 6.07) is 8.00. The Morgan fingerprint density at radius 1 is 1.18 bits per heavy atom. The minimum absolute atomic E-state index is 0.244. The van der Waals surface area contributed by atoms with Crippen LogP contribution in [0.2, 0.25) is 0 Å². The van der Waals surface area contributed by atoms with Gasteiger partial charge in [-0.1, -0.05) is 38.1 Å². The Morgan fingerprint density at radius 3 is 2.18 bits per heavy atom. The Hall–Kier alpha value is -1.23. The quantitative estimate of drug-likeness (QED) is 0.850. The molecule has 1 aromatic carbocycles. The Morgan fingerprint density at radius 2 is 1.73 bits per heavy atom. The molecule has 1 fully saturated rings. The number of aliphatic hydroxyl groups is 1. The number of benzene rings is 1. The zero-order valence-electron chi connectivity index (χ0n) is 14.0. The van der Waals surface area contributed by atoms with E-state index >= 15 is 0 Å². The van der Waals surface area contributed by atoms with Gasteiger partial charge in [-0.15, -0.1) is 0 Å². The van der Waals surface area contributed by atoms with Crippen LogP contribution in [0.1, 0.15) is 49.7 Å². The molecule has 4 nitrogen and oxygen atoms in total. The first kappa shape index (κ1) is 17.1. The van der Waals surface area contributed by atoms with Gasteiger partial charge in [0.1, 0.15) is 5.60 Å². The lowest BCUT2D eigenvalue weighted by Gasteiger charge is -2.37. The SMILES string of the molecule is CC(C)C(c1ccc(C(=O)C(C)(C)O)cc1)N1CCOCC1. The number of carbonyl (C=O) groups excluding carboxylic acids is 1. The highest BCUT2D eigenvalue weighted by molar-refractivity contribution is 6.01. The van der Waals surface area contributed by atoms with Gasteiger partial charge >= 0.3 is 0 Å². The van der Waals surface area contributed by atoms with Gasteiger partial charge in [-0.3, -0.25) is 9.69 Å². The van der Waals surface area contributed by atoms with Gasteiger partial charge in [-0.2, -0.15) is 0 Å². The summed E-state index contributed by atoms with van der Waals surface area (Å²) in [7, 11) is 0. The Labute approximate surface area is 133 Å². The molecule has 0 aromatic heterocycles. The largest absolute Gasteiger partial charge is 0.382 e. The lowest BCUT2D eigenvalue weighted by Crippen LogP contribution is -2.41. The molecule has 1 aliphatic rings. The molecule has 22 heavy (non-hydrogen) atoms. The molecular weight excluding hydrogens is 278 g/mol. The van der Waals surface area contributed by atoms with Gasteiger partial charge in [-0.25, -0.2) is 0 Å². The maximum Gasteiger partial charge on any atom is 0.193 e. The predicted octanol–water partition coefficient (Wildman–Crippen LogP) is 2.67. The van der Waals surface area contributed by atoms with E-state index in [-0.39, 0.29) is 5.78 Å². The van der Waals surface area contributed by atoms with Gasteiger partial charge in [0.25, 0.3) is 0 Å². The first-order valence-corrected chi connectivity index (χ1v) is 7.99. The van der Waals surface area contributed by atoms with Gasteiger partial charge in [0.05, 0.1) is 13.2 Å². The Balaban J connectivity index is 2.21. The topological polar surface area (TPSA) is 49.8 Å². The molecule has 0 amide bonds. The maximum absolute atomic E-state index is 12.1. The van der Waals surface area contributed by atoms with Crippen molar-refractivity contribution in [2.24, 2.45) is 5.92 Å². The van der Waals surface area contributed by atoms with Crippen LogP contribution >= 0.6 is 0 Å².